The van der Waals surface area contributed by atoms with Gasteiger partial charge in [0.1, 0.15) is 17.3 Å². The Labute approximate surface area is 156 Å². The van der Waals surface area contributed by atoms with E-state index in [1.54, 1.807) is 35.9 Å². The number of esters is 1. The van der Waals surface area contributed by atoms with Gasteiger partial charge in [0.15, 0.2) is 0 Å². The van der Waals surface area contributed by atoms with E-state index < -0.39 is 5.97 Å². The Morgan fingerprint density at radius 2 is 1.81 bits per heavy atom. The molecule has 3 nitrogen and oxygen atoms in total. The summed E-state index contributed by atoms with van der Waals surface area (Å²) >= 11 is 0. The van der Waals surface area contributed by atoms with Crippen LogP contribution in [-0.4, -0.2) is 17.6 Å². The Hall–Kier alpha value is -3.21. The quantitative estimate of drug-likeness (QED) is 0.594. The lowest BCUT2D eigenvalue weighted by Crippen LogP contribution is -2.08. The highest BCUT2D eigenvalue weighted by Crippen LogP contribution is 2.31. The molecule has 5 heteroatoms. The van der Waals surface area contributed by atoms with Gasteiger partial charge in [0.05, 0.1) is 7.11 Å². The number of benzene rings is 2. The molecule has 0 aliphatic heterocycles. The van der Waals surface area contributed by atoms with Crippen LogP contribution in [0.4, 0.5) is 8.78 Å². The molecule has 0 fully saturated rings. The van der Waals surface area contributed by atoms with Gasteiger partial charge >= 0.3 is 5.97 Å². The number of carbonyl (C=O) groups is 1. The van der Waals surface area contributed by atoms with E-state index in [1.807, 2.05) is 18.3 Å². The largest absolute Gasteiger partial charge is 0.464 e. The molecule has 1 aromatic heterocycles. The van der Waals surface area contributed by atoms with Crippen molar-refractivity contribution in [1.82, 2.24) is 4.57 Å². The number of allylic oxidation sites excluding steroid dienone is 1. The summed E-state index contributed by atoms with van der Waals surface area (Å²) in [7, 11) is 3.06. The van der Waals surface area contributed by atoms with Crippen LogP contribution in [0.3, 0.4) is 0 Å². The molecule has 0 atom stereocenters. The highest BCUT2D eigenvalue weighted by atomic mass is 19.1. The molecule has 3 aromatic rings. The Bertz CT molecular complexity index is 1010. The highest BCUT2D eigenvalue weighted by Gasteiger charge is 2.22. The van der Waals surface area contributed by atoms with Crippen LogP contribution in [-0.2, 0) is 18.2 Å². The number of methoxy groups -OCH3 is 1. The zero-order valence-corrected chi connectivity index (χ0v) is 15.1. The number of carbonyl (C=O) groups excluding carboxylic acids is 1. The van der Waals surface area contributed by atoms with Gasteiger partial charge in [-0.2, -0.15) is 0 Å². The maximum absolute atomic E-state index is 13.7. The van der Waals surface area contributed by atoms with E-state index in [0.717, 1.165) is 11.1 Å². The normalized spacial score (nSPS) is 11.1. The van der Waals surface area contributed by atoms with Crippen molar-refractivity contribution in [2.45, 2.75) is 6.42 Å². The van der Waals surface area contributed by atoms with E-state index in [4.69, 9.17) is 4.74 Å². The zero-order chi connectivity index (χ0) is 19.4. The Morgan fingerprint density at radius 1 is 1.11 bits per heavy atom. The van der Waals surface area contributed by atoms with Crippen LogP contribution in [0, 0.1) is 11.6 Å². The first kappa shape index (κ1) is 18.6. The maximum atomic E-state index is 13.7. The summed E-state index contributed by atoms with van der Waals surface area (Å²) < 4.78 is 33.6. The number of rotatable bonds is 5. The van der Waals surface area contributed by atoms with Crippen molar-refractivity contribution < 1.29 is 18.3 Å². The number of hydrogen-bond donors (Lipinski definition) is 0. The van der Waals surface area contributed by atoms with Crippen molar-refractivity contribution in [3.05, 3.63) is 89.3 Å². The number of ether oxygens (including phenoxy) is 1. The standard InChI is InChI=1S/C22H19F2NO2/c1-25-14-17(9-3-6-15-7-4-10-18(23)12-15)20(21(25)22(26)27-2)16-8-5-11-19(24)13-16/h3-8,10-14H,9H2,1-2H3/b6-3+. The van der Waals surface area contributed by atoms with Gasteiger partial charge in [0, 0.05) is 18.8 Å². The molecule has 0 N–H and O–H groups in total. The number of hydrogen-bond acceptors (Lipinski definition) is 2. The van der Waals surface area contributed by atoms with Crippen LogP contribution in [0.1, 0.15) is 21.6 Å². The second kappa shape index (κ2) is 7.99. The predicted molar refractivity (Wildman–Crippen MR) is 101 cm³/mol. The highest BCUT2D eigenvalue weighted by molar-refractivity contribution is 5.97. The van der Waals surface area contributed by atoms with Crippen molar-refractivity contribution >= 4 is 12.0 Å². The van der Waals surface area contributed by atoms with Gasteiger partial charge in [-0.15, -0.1) is 0 Å². The summed E-state index contributed by atoms with van der Waals surface area (Å²) in [4.78, 5) is 12.3. The molecule has 27 heavy (non-hydrogen) atoms. The lowest BCUT2D eigenvalue weighted by atomic mass is 9.99. The molecule has 0 saturated heterocycles. The monoisotopic (exact) mass is 367 g/mol. The Kier molecular flexibility index (Phi) is 5.50. The van der Waals surface area contributed by atoms with Crippen LogP contribution in [0.2, 0.25) is 0 Å². The fraction of sp³-hybridized carbons (Fsp3) is 0.136. The minimum Gasteiger partial charge on any atom is -0.464 e. The third-order valence-corrected chi connectivity index (χ3v) is 4.25. The Morgan fingerprint density at radius 3 is 2.48 bits per heavy atom. The van der Waals surface area contributed by atoms with E-state index in [9.17, 15) is 13.6 Å². The molecule has 2 aromatic carbocycles. The van der Waals surface area contributed by atoms with E-state index in [0.29, 0.717) is 23.2 Å². The number of nitrogens with zero attached hydrogens (tertiary/aromatic N) is 1. The fourth-order valence-corrected chi connectivity index (χ4v) is 3.09. The molecule has 138 valence electrons. The molecule has 1 heterocycles. The first-order valence-electron chi connectivity index (χ1n) is 8.44. The van der Waals surface area contributed by atoms with Crippen LogP contribution < -0.4 is 0 Å². The predicted octanol–water partition coefficient (Wildman–Crippen LogP) is 5.01. The first-order valence-corrected chi connectivity index (χ1v) is 8.44. The lowest BCUT2D eigenvalue weighted by molar-refractivity contribution is 0.0591. The van der Waals surface area contributed by atoms with Crippen molar-refractivity contribution in [2.75, 3.05) is 7.11 Å². The fourth-order valence-electron chi connectivity index (χ4n) is 3.09. The van der Waals surface area contributed by atoms with Gasteiger partial charge in [-0.05, 0) is 47.4 Å². The topological polar surface area (TPSA) is 31.2 Å². The zero-order valence-electron chi connectivity index (χ0n) is 15.1. The van der Waals surface area contributed by atoms with Crippen molar-refractivity contribution in [3.8, 4) is 11.1 Å². The Balaban J connectivity index is 2.01. The summed E-state index contributed by atoms with van der Waals surface area (Å²) in [6, 6.07) is 12.4. The molecule has 0 unspecified atom stereocenters. The van der Waals surface area contributed by atoms with Gasteiger partial charge in [-0.1, -0.05) is 36.4 Å². The smallest absolute Gasteiger partial charge is 0.355 e. The minimum atomic E-state index is -0.489. The molecule has 0 aliphatic carbocycles. The third kappa shape index (κ3) is 4.14. The molecular weight excluding hydrogens is 348 g/mol. The molecule has 0 radical (unpaired) electrons. The minimum absolute atomic E-state index is 0.301. The average Bonchev–Trinajstić information content (AvgIpc) is 2.97. The van der Waals surface area contributed by atoms with Crippen molar-refractivity contribution in [1.29, 1.82) is 0 Å². The third-order valence-electron chi connectivity index (χ3n) is 4.25. The molecular formula is C22H19F2NO2. The molecule has 0 saturated carbocycles. The number of halogens is 2. The van der Waals surface area contributed by atoms with E-state index in [2.05, 4.69) is 0 Å². The summed E-state index contributed by atoms with van der Waals surface area (Å²) in [6.45, 7) is 0. The van der Waals surface area contributed by atoms with E-state index in [-0.39, 0.29) is 11.6 Å². The molecule has 3 rings (SSSR count). The lowest BCUT2D eigenvalue weighted by Gasteiger charge is -2.07. The second-order valence-corrected chi connectivity index (χ2v) is 6.15. The van der Waals surface area contributed by atoms with Crippen LogP contribution in [0.15, 0.2) is 60.8 Å². The number of aryl methyl sites for hydroxylation is 1. The molecule has 0 aliphatic rings. The van der Waals surface area contributed by atoms with E-state index in [1.165, 1.54) is 31.4 Å². The summed E-state index contributed by atoms with van der Waals surface area (Å²) in [5, 5.41) is 0. The van der Waals surface area contributed by atoms with Crippen LogP contribution in [0.25, 0.3) is 17.2 Å². The van der Waals surface area contributed by atoms with E-state index >= 15 is 0 Å². The van der Waals surface area contributed by atoms with Crippen LogP contribution >= 0.6 is 0 Å². The summed E-state index contributed by atoms with van der Waals surface area (Å²) in [5.41, 5.74) is 3.18. The van der Waals surface area contributed by atoms with Gasteiger partial charge in [-0.3, -0.25) is 0 Å². The number of aromatic nitrogens is 1. The SMILES string of the molecule is COC(=O)c1c(-c2cccc(F)c2)c(C/C=C/c2cccc(F)c2)cn1C. The summed E-state index contributed by atoms with van der Waals surface area (Å²) in [5.74, 6) is -1.17. The molecule has 0 bridgehead atoms. The van der Waals surface area contributed by atoms with Crippen LogP contribution in [0.5, 0.6) is 0 Å². The summed E-state index contributed by atoms with van der Waals surface area (Å²) in [6.07, 6.45) is 6.01. The molecule has 0 amide bonds. The second-order valence-electron chi connectivity index (χ2n) is 6.15. The first-order chi connectivity index (χ1) is 13.0. The average molecular weight is 367 g/mol. The van der Waals surface area contributed by atoms with Gasteiger partial charge in [-0.25, -0.2) is 13.6 Å². The van der Waals surface area contributed by atoms with Gasteiger partial charge in [0.25, 0.3) is 0 Å². The maximum Gasteiger partial charge on any atom is 0.355 e. The van der Waals surface area contributed by atoms with Gasteiger partial charge < -0.3 is 9.30 Å². The molecule has 0 spiro atoms. The van der Waals surface area contributed by atoms with Crippen molar-refractivity contribution in [3.63, 3.8) is 0 Å². The van der Waals surface area contributed by atoms with Gasteiger partial charge in [0.2, 0.25) is 0 Å². The van der Waals surface area contributed by atoms with Crippen molar-refractivity contribution in [2.24, 2.45) is 7.05 Å².